The van der Waals surface area contributed by atoms with E-state index in [1.807, 2.05) is 31.5 Å². The highest BCUT2D eigenvalue weighted by Crippen LogP contribution is 2.32. The van der Waals surface area contributed by atoms with Crippen LogP contribution in [0.25, 0.3) is 22.0 Å². The maximum Gasteiger partial charge on any atom is 0.220 e. The van der Waals surface area contributed by atoms with Gasteiger partial charge in [0.25, 0.3) is 0 Å². The Morgan fingerprint density at radius 1 is 1.12 bits per heavy atom. The van der Waals surface area contributed by atoms with E-state index < -0.39 is 0 Å². The van der Waals surface area contributed by atoms with Crippen molar-refractivity contribution < 1.29 is 8.68 Å². The average molecular weight is 322 g/mol. The van der Waals surface area contributed by atoms with Gasteiger partial charge in [0.2, 0.25) is 5.69 Å². The van der Waals surface area contributed by atoms with Crippen molar-refractivity contribution in [3.63, 3.8) is 0 Å². The quantitative estimate of drug-likeness (QED) is 0.531. The molecular weight excluding hydrogens is 290 g/mol. The summed E-state index contributed by atoms with van der Waals surface area (Å²) >= 11 is 0. The zero-order chi connectivity index (χ0) is 19.9. The van der Waals surface area contributed by atoms with Crippen LogP contribution in [0.1, 0.15) is 53.5 Å². The Kier molecular flexibility index (Phi) is 3.71. The molecule has 0 spiro atoms. The maximum absolute atomic E-state index is 8.68. The van der Waals surface area contributed by atoms with Crippen LogP contribution in [0.15, 0.2) is 48.5 Å². The van der Waals surface area contributed by atoms with Crippen LogP contribution in [0.4, 0.5) is 0 Å². The third-order valence-corrected chi connectivity index (χ3v) is 5.17. The zero-order valence-corrected chi connectivity index (χ0v) is 15.3. The van der Waals surface area contributed by atoms with Gasteiger partial charge in [-0.25, -0.2) is 0 Å². The van der Waals surface area contributed by atoms with Gasteiger partial charge in [-0.2, -0.15) is 4.57 Å². The van der Waals surface area contributed by atoms with E-state index >= 15 is 0 Å². The topological polar surface area (TPSA) is 3.88 Å². The van der Waals surface area contributed by atoms with Crippen LogP contribution in [0.3, 0.4) is 0 Å². The third kappa shape index (κ3) is 2.84. The molecule has 0 N–H and O–H groups in total. The first-order chi connectivity index (χ1) is 12.8. The van der Waals surface area contributed by atoms with Gasteiger partial charge in [0.15, 0.2) is 5.69 Å². The van der Waals surface area contributed by atoms with E-state index in [2.05, 4.69) is 32.0 Å². The lowest BCUT2D eigenvalue weighted by molar-refractivity contribution is -0.665. The van der Waals surface area contributed by atoms with Gasteiger partial charge in [-0.05, 0) is 54.3 Å². The SMILES string of the molecule is [2H]c1cc([2H])c(C)c(-c2c3ccc(C(CC)CC)cc3c([2H])c(C)[n+]2C)c1. The van der Waals surface area contributed by atoms with Crippen molar-refractivity contribution in [2.24, 2.45) is 7.05 Å². The van der Waals surface area contributed by atoms with Gasteiger partial charge in [0.05, 0.1) is 9.50 Å². The van der Waals surface area contributed by atoms with Crippen molar-refractivity contribution in [2.75, 3.05) is 0 Å². The molecule has 3 rings (SSSR count). The Hall–Kier alpha value is -2.15. The van der Waals surface area contributed by atoms with E-state index in [-0.39, 0.29) is 0 Å². The molecule has 0 saturated carbocycles. The van der Waals surface area contributed by atoms with E-state index in [1.165, 1.54) is 5.56 Å². The summed E-state index contributed by atoms with van der Waals surface area (Å²) in [6, 6.07) is 11.2. The molecule has 1 heterocycles. The van der Waals surface area contributed by atoms with Crippen molar-refractivity contribution in [1.82, 2.24) is 0 Å². The lowest BCUT2D eigenvalue weighted by Crippen LogP contribution is -2.35. The predicted molar refractivity (Wildman–Crippen MR) is 103 cm³/mol. The molecule has 1 aromatic heterocycles. The second-order valence-corrected chi connectivity index (χ2v) is 6.57. The number of pyridine rings is 1. The second kappa shape index (κ2) is 6.76. The minimum Gasteiger partial charge on any atom is -0.198 e. The molecule has 0 bridgehead atoms. The third-order valence-electron chi connectivity index (χ3n) is 5.17. The van der Waals surface area contributed by atoms with Crippen LogP contribution < -0.4 is 4.57 Å². The van der Waals surface area contributed by atoms with Crippen molar-refractivity contribution in [2.45, 2.75) is 46.5 Å². The Labute approximate surface area is 150 Å². The minimum absolute atomic E-state index is 0.343. The number of fused-ring (bicyclic) bond motifs is 1. The van der Waals surface area contributed by atoms with Crippen LogP contribution >= 0.6 is 0 Å². The normalized spacial score (nSPS) is 13.2. The van der Waals surface area contributed by atoms with E-state index in [0.29, 0.717) is 24.0 Å². The first-order valence-electron chi connectivity index (χ1n) is 10.3. The number of rotatable bonds is 4. The first kappa shape index (κ1) is 13.2. The molecule has 0 aliphatic rings. The van der Waals surface area contributed by atoms with Crippen molar-refractivity contribution in [3.8, 4) is 11.3 Å². The summed E-state index contributed by atoms with van der Waals surface area (Å²) < 4.78 is 27.0. The standard InChI is InChI=1S/C23H28N/c1-6-18(7-2)19-12-13-22-20(15-19)14-17(4)24(5)23(22)21-11-9-8-10-16(21)3/h8-15,18H,6-7H2,1-5H3/q+1/i9D,10D,14D. The summed E-state index contributed by atoms with van der Waals surface area (Å²) in [7, 11) is 1.97. The van der Waals surface area contributed by atoms with Crippen LogP contribution in [0.2, 0.25) is 0 Å². The summed E-state index contributed by atoms with van der Waals surface area (Å²) in [5.41, 5.74) is 4.92. The average Bonchev–Trinajstić information content (AvgIpc) is 2.65. The molecule has 0 aliphatic carbocycles. The lowest BCUT2D eigenvalue weighted by Gasteiger charge is -2.15. The van der Waals surface area contributed by atoms with E-state index in [9.17, 15) is 0 Å². The number of hydrogen-bond acceptors (Lipinski definition) is 0. The highest BCUT2D eigenvalue weighted by molar-refractivity contribution is 5.94. The monoisotopic (exact) mass is 321 g/mol. The molecule has 0 saturated heterocycles. The summed E-state index contributed by atoms with van der Waals surface area (Å²) in [6.07, 6.45) is 2.17. The molecule has 24 heavy (non-hydrogen) atoms. The van der Waals surface area contributed by atoms with E-state index in [1.54, 1.807) is 6.07 Å². The van der Waals surface area contributed by atoms with Crippen LogP contribution in [-0.2, 0) is 7.05 Å². The van der Waals surface area contributed by atoms with E-state index in [4.69, 9.17) is 4.11 Å². The van der Waals surface area contributed by atoms with Crippen molar-refractivity contribution in [3.05, 3.63) is 65.3 Å². The summed E-state index contributed by atoms with van der Waals surface area (Å²) in [5, 5.41) is 1.96. The second-order valence-electron chi connectivity index (χ2n) is 6.57. The van der Waals surface area contributed by atoms with Crippen LogP contribution in [0.5, 0.6) is 0 Å². The number of nitrogens with zero attached hydrogens (tertiary/aromatic N) is 1. The lowest BCUT2D eigenvalue weighted by atomic mass is 9.91. The highest BCUT2D eigenvalue weighted by Gasteiger charge is 2.20. The Morgan fingerprint density at radius 3 is 2.58 bits per heavy atom. The van der Waals surface area contributed by atoms with Gasteiger partial charge in [0.1, 0.15) is 7.05 Å². The summed E-state index contributed by atoms with van der Waals surface area (Å²) in [4.78, 5) is 0. The fourth-order valence-electron chi connectivity index (χ4n) is 3.55. The van der Waals surface area contributed by atoms with Gasteiger partial charge in [-0.1, -0.05) is 44.1 Å². The molecule has 0 atom stereocenters. The number of benzene rings is 2. The minimum atomic E-state index is 0.343. The van der Waals surface area contributed by atoms with Crippen molar-refractivity contribution in [1.29, 1.82) is 0 Å². The zero-order valence-electron chi connectivity index (χ0n) is 18.3. The number of hydrogen-bond donors (Lipinski definition) is 0. The first-order valence-corrected chi connectivity index (χ1v) is 8.81. The molecular formula is C23H28N+. The molecule has 0 aliphatic heterocycles. The van der Waals surface area contributed by atoms with E-state index in [0.717, 1.165) is 46.1 Å². The molecule has 0 unspecified atom stereocenters. The molecule has 0 radical (unpaired) electrons. The van der Waals surface area contributed by atoms with Crippen LogP contribution in [0, 0.1) is 13.8 Å². The molecule has 124 valence electrons. The Balaban J connectivity index is 2.41. The van der Waals surface area contributed by atoms with Gasteiger partial charge in [-0.3, -0.25) is 0 Å². The van der Waals surface area contributed by atoms with Gasteiger partial charge in [-0.15, -0.1) is 0 Å². The predicted octanol–water partition coefficient (Wildman–Crippen LogP) is 5.85. The van der Waals surface area contributed by atoms with Crippen molar-refractivity contribution >= 4 is 10.8 Å². The Morgan fingerprint density at radius 2 is 1.88 bits per heavy atom. The summed E-state index contributed by atoms with van der Waals surface area (Å²) in [5.74, 6) is 0.504. The van der Waals surface area contributed by atoms with Gasteiger partial charge >= 0.3 is 0 Å². The molecule has 0 amide bonds. The molecule has 2 aromatic carbocycles. The fourth-order valence-corrected chi connectivity index (χ4v) is 3.55. The van der Waals surface area contributed by atoms with Gasteiger partial charge < -0.3 is 0 Å². The summed E-state index contributed by atoms with van der Waals surface area (Å²) in [6.45, 7) is 8.32. The molecule has 1 heteroatoms. The van der Waals surface area contributed by atoms with Gasteiger partial charge in [0, 0.05) is 18.5 Å². The Bertz CT molecular complexity index is 1020. The molecule has 1 nitrogen and oxygen atoms in total. The maximum atomic E-state index is 8.68. The largest absolute Gasteiger partial charge is 0.220 e. The smallest absolute Gasteiger partial charge is 0.198 e. The number of aromatic nitrogens is 1. The van der Waals surface area contributed by atoms with Crippen LogP contribution in [-0.4, -0.2) is 0 Å². The molecule has 3 aromatic rings. The highest BCUT2D eigenvalue weighted by atomic mass is 14.9. The molecule has 0 fully saturated rings. The fraction of sp³-hybridized carbons (Fsp3) is 0.348.